The number of nitrogens with one attached hydrogen (secondary N) is 1. The highest BCUT2D eigenvalue weighted by Crippen LogP contribution is 2.18. The lowest BCUT2D eigenvalue weighted by atomic mass is 10.2. The van der Waals surface area contributed by atoms with Crippen molar-refractivity contribution in [1.82, 2.24) is 0 Å². The van der Waals surface area contributed by atoms with E-state index in [2.05, 4.69) is 24.4 Å². The predicted octanol–water partition coefficient (Wildman–Crippen LogP) is 3.85. The van der Waals surface area contributed by atoms with Gasteiger partial charge in [-0.25, -0.2) is 0 Å². The topological polar surface area (TPSA) is 30.5 Å². The van der Waals surface area contributed by atoms with Crippen molar-refractivity contribution in [3.05, 3.63) is 24.3 Å². The van der Waals surface area contributed by atoms with Crippen LogP contribution in [0.25, 0.3) is 0 Å². The zero-order valence-electron chi connectivity index (χ0n) is 11.9. The SMILES string of the molecule is CCCCCOc1ccc(NCC2CCCO2)cc1. The van der Waals surface area contributed by atoms with Crippen molar-refractivity contribution in [1.29, 1.82) is 0 Å². The van der Waals surface area contributed by atoms with E-state index in [0.717, 1.165) is 37.6 Å². The summed E-state index contributed by atoms with van der Waals surface area (Å²) in [7, 11) is 0. The molecule has 106 valence electrons. The Morgan fingerprint density at radius 3 is 2.79 bits per heavy atom. The Hall–Kier alpha value is -1.22. The minimum atomic E-state index is 0.380. The maximum atomic E-state index is 5.69. The van der Waals surface area contributed by atoms with Crippen molar-refractivity contribution in [2.24, 2.45) is 0 Å². The molecule has 0 amide bonds. The third kappa shape index (κ3) is 5.11. The van der Waals surface area contributed by atoms with E-state index < -0.39 is 0 Å². The van der Waals surface area contributed by atoms with Crippen LogP contribution in [0.1, 0.15) is 39.0 Å². The van der Waals surface area contributed by atoms with Crippen LogP contribution in [-0.4, -0.2) is 25.9 Å². The van der Waals surface area contributed by atoms with Crippen LogP contribution in [0.2, 0.25) is 0 Å². The van der Waals surface area contributed by atoms with Crippen LogP contribution in [0, 0.1) is 0 Å². The quantitative estimate of drug-likeness (QED) is 0.723. The molecule has 0 saturated carbocycles. The minimum Gasteiger partial charge on any atom is -0.494 e. The van der Waals surface area contributed by atoms with Crippen molar-refractivity contribution in [3.8, 4) is 5.75 Å². The largest absolute Gasteiger partial charge is 0.494 e. The third-order valence-electron chi connectivity index (χ3n) is 3.43. The van der Waals surface area contributed by atoms with E-state index >= 15 is 0 Å². The molecular formula is C16H25NO2. The Morgan fingerprint density at radius 1 is 1.26 bits per heavy atom. The van der Waals surface area contributed by atoms with Crippen molar-refractivity contribution >= 4 is 5.69 Å². The molecule has 1 N–H and O–H groups in total. The average Bonchev–Trinajstić information content (AvgIpc) is 2.96. The summed E-state index contributed by atoms with van der Waals surface area (Å²) in [4.78, 5) is 0. The fourth-order valence-corrected chi connectivity index (χ4v) is 2.25. The summed E-state index contributed by atoms with van der Waals surface area (Å²) in [6, 6.07) is 8.21. The van der Waals surface area contributed by atoms with Crippen molar-refractivity contribution in [2.75, 3.05) is 25.1 Å². The summed E-state index contributed by atoms with van der Waals surface area (Å²) < 4.78 is 11.3. The van der Waals surface area contributed by atoms with Gasteiger partial charge < -0.3 is 14.8 Å². The van der Waals surface area contributed by atoms with E-state index in [1.165, 1.54) is 25.7 Å². The maximum Gasteiger partial charge on any atom is 0.119 e. The predicted molar refractivity (Wildman–Crippen MR) is 78.9 cm³/mol. The Labute approximate surface area is 116 Å². The van der Waals surface area contributed by atoms with Gasteiger partial charge in [-0.3, -0.25) is 0 Å². The second kappa shape index (κ2) is 8.05. The lowest BCUT2D eigenvalue weighted by Gasteiger charge is -2.12. The van der Waals surface area contributed by atoms with Crippen molar-refractivity contribution in [3.63, 3.8) is 0 Å². The lowest BCUT2D eigenvalue weighted by molar-refractivity contribution is 0.120. The molecule has 1 aliphatic heterocycles. The van der Waals surface area contributed by atoms with Crippen molar-refractivity contribution in [2.45, 2.75) is 45.1 Å². The molecule has 3 nitrogen and oxygen atoms in total. The Balaban J connectivity index is 1.68. The molecule has 0 aromatic heterocycles. The lowest BCUT2D eigenvalue weighted by Crippen LogP contribution is -2.18. The molecular weight excluding hydrogens is 238 g/mol. The molecule has 3 heteroatoms. The number of unbranched alkanes of at least 4 members (excludes halogenated alkanes) is 2. The monoisotopic (exact) mass is 263 g/mol. The maximum absolute atomic E-state index is 5.69. The zero-order chi connectivity index (χ0) is 13.3. The number of rotatable bonds is 8. The van der Waals surface area contributed by atoms with Gasteiger partial charge in [0, 0.05) is 18.8 Å². The van der Waals surface area contributed by atoms with Gasteiger partial charge in [-0.15, -0.1) is 0 Å². The van der Waals surface area contributed by atoms with Crippen LogP contribution < -0.4 is 10.1 Å². The first-order chi connectivity index (χ1) is 9.38. The molecule has 1 fully saturated rings. The van der Waals surface area contributed by atoms with Gasteiger partial charge in [-0.1, -0.05) is 19.8 Å². The van der Waals surface area contributed by atoms with Gasteiger partial charge >= 0.3 is 0 Å². The smallest absolute Gasteiger partial charge is 0.119 e. The number of anilines is 1. The van der Waals surface area contributed by atoms with Gasteiger partial charge in [0.05, 0.1) is 12.7 Å². The van der Waals surface area contributed by atoms with E-state index in [4.69, 9.17) is 9.47 Å². The highest BCUT2D eigenvalue weighted by atomic mass is 16.5. The molecule has 1 aliphatic rings. The van der Waals surface area contributed by atoms with E-state index in [1.54, 1.807) is 0 Å². The molecule has 19 heavy (non-hydrogen) atoms. The Kier molecular flexibility index (Phi) is 6.02. The van der Waals surface area contributed by atoms with Gasteiger partial charge in [-0.2, -0.15) is 0 Å². The van der Waals surface area contributed by atoms with Gasteiger partial charge in [0.25, 0.3) is 0 Å². The second-order valence-electron chi connectivity index (χ2n) is 5.10. The molecule has 1 saturated heterocycles. The Bertz CT molecular complexity index is 344. The number of benzene rings is 1. The molecule has 1 aromatic carbocycles. The average molecular weight is 263 g/mol. The summed E-state index contributed by atoms with van der Waals surface area (Å²) in [5, 5.41) is 3.41. The summed E-state index contributed by atoms with van der Waals surface area (Å²) in [6.45, 7) is 4.83. The highest BCUT2D eigenvalue weighted by Gasteiger charge is 2.14. The summed E-state index contributed by atoms with van der Waals surface area (Å²) in [6.07, 6.45) is 6.35. The fourth-order valence-electron chi connectivity index (χ4n) is 2.25. The van der Waals surface area contributed by atoms with E-state index in [1.807, 2.05) is 12.1 Å². The molecule has 0 spiro atoms. The van der Waals surface area contributed by atoms with Crippen LogP contribution in [0.4, 0.5) is 5.69 Å². The Morgan fingerprint density at radius 2 is 2.11 bits per heavy atom. The van der Waals surface area contributed by atoms with Gasteiger partial charge in [0.2, 0.25) is 0 Å². The van der Waals surface area contributed by atoms with E-state index in [-0.39, 0.29) is 0 Å². The summed E-state index contributed by atoms with van der Waals surface area (Å²) in [5.74, 6) is 0.957. The van der Waals surface area contributed by atoms with E-state index in [9.17, 15) is 0 Å². The zero-order valence-corrected chi connectivity index (χ0v) is 11.9. The van der Waals surface area contributed by atoms with Crippen molar-refractivity contribution < 1.29 is 9.47 Å². The summed E-state index contributed by atoms with van der Waals surface area (Å²) in [5.41, 5.74) is 1.14. The fraction of sp³-hybridized carbons (Fsp3) is 0.625. The number of hydrogen-bond donors (Lipinski definition) is 1. The first-order valence-electron chi connectivity index (χ1n) is 7.47. The first-order valence-corrected chi connectivity index (χ1v) is 7.47. The minimum absolute atomic E-state index is 0.380. The van der Waals surface area contributed by atoms with E-state index in [0.29, 0.717) is 6.10 Å². The highest BCUT2D eigenvalue weighted by molar-refractivity contribution is 5.46. The van der Waals surface area contributed by atoms with Gasteiger partial charge in [0.15, 0.2) is 0 Å². The molecule has 0 bridgehead atoms. The molecule has 2 rings (SSSR count). The molecule has 1 aromatic rings. The van der Waals surface area contributed by atoms with Gasteiger partial charge in [-0.05, 0) is 43.5 Å². The van der Waals surface area contributed by atoms with Crippen LogP contribution in [0.3, 0.4) is 0 Å². The molecule has 1 heterocycles. The third-order valence-corrected chi connectivity index (χ3v) is 3.43. The molecule has 1 atom stereocenters. The first kappa shape index (κ1) is 14.2. The summed E-state index contributed by atoms with van der Waals surface area (Å²) >= 11 is 0. The molecule has 0 radical (unpaired) electrons. The standard InChI is InChI=1S/C16H25NO2/c1-2-3-4-11-18-15-9-7-14(8-10-15)17-13-16-6-5-12-19-16/h7-10,16-17H,2-6,11-13H2,1H3. The number of ether oxygens (including phenoxy) is 2. The van der Waals surface area contributed by atoms with Crippen LogP contribution in [-0.2, 0) is 4.74 Å². The molecule has 1 unspecified atom stereocenters. The number of hydrogen-bond acceptors (Lipinski definition) is 3. The second-order valence-corrected chi connectivity index (χ2v) is 5.10. The molecule has 0 aliphatic carbocycles. The van der Waals surface area contributed by atoms with Crippen LogP contribution in [0.5, 0.6) is 5.75 Å². The van der Waals surface area contributed by atoms with Crippen LogP contribution >= 0.6 is 0 Å². The normalized spacial score (nSPS) is 18.5. The van der Waals surface area contributed by atoms with Crippen LogP contribution in [0.15, 0.2) is 24.3 Å². The van der Waals surface area contributed by atoms with Gasteiger partial charge in [0.1, 0.15) is 5.75 Å².